The monoisotopic (exact) mass is 242 g/mol. The molecule has 88 valence electrons. The van der Waals surface area contributed by atoms with E-state index in [1.807, 2.05) is 6.92 Å². The molecule has 0 aliphatic carbocycles. The van der Waals surface area contributed by atoms with Crippen LogP contribution in [0.15, 0.2) is 18.2 Å². The highest BCUT2D eigenvalue weighted by Gasteiger charge is 2.08. The van der Waals surface area contributed by atoms with E-state index in [0.29, 0.717) is 10.8 Å². The van der Waals surface area contributed by atoms with Gasteiger partial charge in [-0.3, -0.25) is 4.79 Å². The molecular weight excluding hydrogens is 228 g/mol. The Hall–Kier alpha value is -1.42. The minimum Gasteiger partial charge on any atom is -0.497 e. The fourth-order valence-electron chi connectivity index (χ4n) is 1.36. The normalized spacial score (nSPS) is 11.9. The molecule has 0 spiro atoms. The van der Waals surface area contributed by atoms with Crippen molar-refractivity contribution in [3.05, 3.63) is 23.2 Å². The zero-order valence-electron chi connectivity index (χ0n) is 9.29. The molecule has 5 heteroatoms. The highest BCUT2D eigenvalue weighted by molar-refractivity contribution is 6.33. The first-order valence-corrected chi connectivity index (χ1v) is 5.29. The van der Waals surface area contributed by atoms with Crippen molar-refractivity contribution >= 4 is 23.2 Å². The topological polar surface area (TPSA) is 64.3 Å². The van der Waals surface area contributed by atoms with Crippen molar-refractivity contribution in [1.82, 2.24) is 0 Å². The zero-order valence-corrected chi connectivity index (χ0v) is 10.0. The van der Waals surface area contributed by atoms with Gasteiger partial charge in [-0.15, -0.1) is 0 Å². The number of carbonyl (C=O) groups excluding carboxylic acids is 1. The molecule has 0 fully saturated rings. The molecule has 0 radical (unpaired) electrons. The zero-order chi connectivity index (χ0) is 12.1. The average molecular weight is 243 g/mol. The maximum Gasteiger partial charge on any atom is 0.219 e. The van der Waals surface area contributed by atoms with Crippen LogP contribution in [-0.4, -0.2) is 19.1 Å². The Labute approximate surface area is 99.7 Å². The number of ether oxygens (including phenoxy) is 1. The highest BCUT2D eigenvalue weighted by atomic mass is 35.5. The maximum atomic E-state index is 10.7. The van der Waals surface area contributed by atoms with Crippen molar-refractivity contribution in [2.24, 2.45) is 5.73 Å². The van der Waals surface area contributed by atoms with Gasteiger partial charge in [-0.2, -0.15) is 0 Å². The van der Waals surface area contributed by atoms with Gasteiger partial charge in [0.2, 0.25) is 5.91 Å². The summed E-state index contributed by atoms with van der Waals surface area (Å²) < 4.78 is 5.03. The summed E-state index contributed by atoms with van der Waals surface area (Å²) in [5.41, 5.74) is 5.86. The highest BCUT2D eigenvalue weighted by Crippen LogP contribution is 2.27. The van der Waals surface area contributed by atoms with Crippen molar-refractivity contribution in [2.75, 3.05) is 12.4 Å². The molecule has 1 amide bonds. The van der Waals surface area contributed by atoms with Crippen molar-refractivity contribution in [3.63, 3.8) is 0 Å². The number of carbonyl (C=O) groups is 1. The molecule has 0 aromatic heterocycles. The predicted molar refractivity (Wildman–Crippen MR) is 64.9 cm³/mol. The van der Waals surface area contributed by atoms with Crippen LogP contribution in [-0.2, 0) is 4.79 Å². The molecule has 1 aromatic carbocycles. The lowest BCUT2D eigenvalue weighted by atomic mass is 10.2. The second-order valence-electron chi connectivity index (χ2n) is 3.56. The lowest BCUT2D eigenvalue weighted by Gasteiger charge is -2.15. The summed E-state index contributed by atoms with van der Waals surface area (Å²) in [5, 5.41) is 3.66. The standard InChI is InChI=1S/C11H15ClN2O2/c1-7(5-11(13)15)14-10-4-3-8(16-2)6-9(10)12/h3-4,6-7,14H,5H2,1-2H3,(H2,13,15). The van der Waals surface area contributed by atoms with Gasteiger partial charge in [0.15, 0.2) is 0 Å². The molecule has 3 N–H and O–H groups in total. The van der Waals surface area contributed by atoms with Crippen LogP contribution in [0.4, 0.5) is 5.69 Å². The number of hydrogen-bond acceptors (Lipinski definition) is 3. The van der Waals surface area contributed by atoms with E-state index in [4.69, 9.17) is 22.1 Å². The Kier molecular flexibility index (Phi) is 4.43. The van der Waals surface area contributed by atoms with E-state index in [1.54, 1.807) is 25.3 Å². The van der Waals surface area contributed by atoms with E-state index in [-0.39, 0.29) is 18.4 Å². The maximum absolute atomic E-state index is 10.7. The van der Waals surface area contributed by atoms with E-state index >= 15 is 0 Å². The van der Waals surface area contributed by atoms with Gasteiger partial charge >= 0.3 is 0 Å². The van der Waals surface area contributed by atoms with Gasteiger partial charge in [0.25, 0.3) is 0 Å². The van der Waals surface area contributed by atoms with Crippen molar-refractivity contribution in [2.45, 2.75) is 19.4 Å². The van der Waals surface area contributed by atoms with Crippen LogP contribution in [0.3, 0.4) is 0 Å². The number of nitrogens with one attached hydrogen (secondary N) is 1. The number of nitrogens with two attached hydrogens (primary N) is 1. The predicted octanol–water partition coefficient (Wildman–Crippen LogP) is 2.02. The number of halogens is 1. The van der Waals surface area contributed by atoms with E-state index in [0.717, 1.165) is 5.69 Å². The first-order valence-electron chi connectivity index (χ1n) is 4.91. The quantitative estimate of drug-likeness (QED) is 0.830. The van der Waals surface area contributed by atoms with Crippen LogP contribution in [0, 0.1) is 0 Å². The van der Waals surface area contributed by atoms with Crippen LogP contribution >= 0.6 is 11.6 Å². The molecule has 16 heavy (non-hydrogen) atoms. The number of anilines is 1. The average Bonchev–Trinajstić information content (AvgIpc) is 2.19. The summed E-state index contributed by atoms with van der Waals surface area (Å²) in [6, 6.07) is 5.26. The molecule has 1 unspecified atom stereocenters. The molecule has 0 heterocycles. The Morgan fingerprint density at radius 2 is 2.31 bits per heavy atom. The molecule has 4 nitrogen and oxygen atoms in total. The van der Waals surface area contributed by atoms with Gasteiger partial charge in [0.05, 0.1) is 17.8 Å². The van der Waals surface area contributed by atoms with Crippen molar-refractivity contribution in [1.29, 1.82) is 0 Å². The van der Waals surface area contributed by atoms with Gasteiger partial charge in [-0.1, -0.05) is 11.6 Å². The Morgan fingerprint density at radius 1 is 1.62 bits per heavy atom. The van der Waals surface area contributed by atoms with E-state index in [9.17, 15) is 4.79 Å². The number of benzene rings is 1. The van der Waals surface area contributed by atoms with Crippen LogP contribution < -0.4 is 15.8 Å². The van der Waals surface area contributed by atoms with E-state index in [1.165, 1.54) is 0 Å². The summed E-state index contributed by atoms with van der Waals surface area (Å²) in [6.45, 7) is 1.87. The molecule has 1 atom stereocenters. The summed E-state index contributed by atoms with van der Waals surface area (Å²) in [7, 11) is 1.58. The van der Waals surface area contributed by atoms with Crippen LogP contribution in [0.1, 0.15) is 13.3 Å². The molecular formula is C11H15ClN2O2. The van der Waals surface area contributed by atoms with Gasteiger partial charge in [-0.05, 0) is 19.1 Å². The third-order valence-corrected chi connectivity index (χ3v) is 2.40. The van der Waals surface area contributed by atoms with Gasteiger partial charge in [0.1, 0.15) is 5.75 Å². The fraction of sp³-hybridized carbons (Fsp3) is 0.364. The molecule has 0 saturated carbocycles. The van der Waals surface area contributed by atoms with Crippen molar-refractivity contribution < 1.29 is 9.53 Å². The Bertz CT molecular complexity index is 382. The summed E-state index contributed by atoms with van der Waals surface area (Å²) >= 11 is 6.03. The summed E-state index contributed by atoms with van der Waals surface area (Å²) in [6.07, 6.45) is 0.266. The smallest absolute Gasteiger partial charge is 0.219 e. The van der Waals surface area contributed by atoms with Crippen LogP contribution in [0.25, 0.3) is 0 Å². The van der Waals surface area contributed by atoms with Gasteiger partial charge in [0, 0.05) is 18.5 Å². The molecule has 0 bridgehead atoms. The lowest BCUT2D eigenvalue weighted by molar-refractivity contribution is -0.118. The minimum absolute atomic E-state index is 0.0524. The SMILES string of the molecule is COc1ccc(NC(C)CC(N)=O)c(Cl)c1. The van der Waals surface area contributed by atoms with E-state index < -0.39 is 0 Å². The number of rotatable bonds is 5. The molecule has 1 rings (SSSR count). The Balaban J connectivity index is 2.70. The third-order valence-electron chi connectivity index (χ3n) is 2.09. The molecule has 1 aromatic rings. The molecule has 0 aliphatic rings. The number of methoxy groups -OCH3 is 1. The van der Waals surface area contributed by atoms with Crippen molar-refractivity contribution in [3.8, 4) is 5.75 Å². The van der Waals surface area contributed by atoms with Crippen LogP contribution in [0.2, 0.25) is 5.02 Å². The van der Waals surface area contributed by atoms with Gasteiger partial charge in [-0.25, -0.2) is 0 Å². The molecule has 0 aliphatic heterocycles. The number of primary amides is 1. The second-order valence-corrected chi connectivity index (χ2v) is 3.97. The molecule has 0 saturated heterocycles. The Morgan fingerprint density at radius 3 is 2.81 bits per heavy atom. The van der Waals surface area contributed by atoms with Gasteiger partial charge < -0.3 is 15.8 Å². The number of hydrogen-bond donors (Lipinski definition) is 2. The lowest BCUT2D eigenvalue weighted by Crippen LogP contribution is -2.24. The fourth-order valence-corrected chi connectivity index (χ4v) is 1.58. The first-order chi connectivity index (χ1) is 7.52. The second kappa shape index (κ2) is 5.61. The van der Waals surface area contributed by atoms with E-state index in [2.05, 4.69) is 5.32 Å². The first kappa shape index (κ1) is 12.6. The summed E-state index contributed by atoms with van der Waals surface area (Å²) in [5.74, 6) is 0.350. The third kappa shape index (κ3) is 3.62. The largest absolute Gasteiger partial charge is 0.497 e. The minimum atomic E-state index is -0.343. The van der Waals surface area contributed by atoms with Crippen LogP contribution in [0.5, 0.6) is 5.75 Å². The number of amides is 1. The summed E-state index contributed by atoms with van der Waals surface area (Å²) in [4.78, 5) is 10.7.